The molecule has 0 saturated carbocycles. The molecule has 0 saturated heterocycles. The Morgan fingerprint density at radius 3 is 2.77 bits per heavy atom. The quantitative estimate of drug-likeness (QED) is 0.797. The Morgan fingerprint density at radius 2 is 2.05 bits per heavy atom. The van der Waals surface area contributed by atoms with Gasteiger partial charge in [0, 0.05) is 24.4 Å². The highest BCUT2D eigenvalue weighted by atomic mass is 16.5. The van der Waals surface area contributed by atoms with Crippen molar-refractivity contribution in [1.29, 1.82) is 0 Å². The van der Waals surface area contributed by atoms with Gasteiger partial charge in [-0.15, -0.1) is 0 Å². The summed E-state index contributed by atoms with van der Waals surface area (Å²) in [7, 11) is 0. The molecule has 2 aromatic heterocycles. The molecule has 3 rings (SSSR count). The van der Waals surface area contributed by atoms with E-state index in [4.69, 9.17) is 4.52 Å². The van der Waals surface area contributed by atoms with E-state index in [0.717, 1.165) is 5.56 Å². The largest absolute Gasteiger partial charge is 0.339 e. The zero-order chi connectivity index (χ0) is 15.5. The third-order valence-corrected chi connectivity index (χ3v) is 2.91. The highest BCUT2D eigenvalue weighted by Crippen LogP contribution is 2.20. The number of amides is 1. The number of benzene rings is 1. The first-order chi connectivity index (χ1) is 10.6. The highest BCUT2D eigenvalue weighted by Gasteiger charge is 2.10. The first-order valence-electron chi connectivity index (χ1n) is 6.63. The van der Waals surface area contributed by atoms with Gasteiger partial charge in [-0.1, -0.05) is 17.3 Å². The molecule has 7 nitrogen and oxygen atoms in total. The fourth-order valence-corrected chi connectivity index (χ4v) is 1.93. The zero-order valence-corrected chi connectivity index (χ0v) is 12.1. The van der Waals surface area contributed by atoms with Gasteiger partial charge < -0.3 is 9.84 Å². The van der Waals surface area contributed by atoms with Crippen molar-refractivity contribution in [2.45, 2.75) is 13.8 Å². The van der Waals surface area contributed by atoms with Gasteiger partial charge in [0.2, 0.25) is 11.7 Å². The summed E-state index contributed by atoms with van der Waals surface area (Å²) in [4.78, 5) is 24.4. The zero-order valence-electron chi connectivity index (χ0n) is 12.1. The van der Waals surface area contributed by atoms with Crippen LogP contribution in [-0.2, 0) is 0 Å². The second-order valence-corrected chi connectivity index (χ2v) is 4.66. The van der Waals surface area contributed by atoms with Crippen LogP contribution >= 0.6 is 0 Å². The van der Waals surface area contributed by atoms with Crippen LogP contribution in [0.3, 0.4) is 0 Å². The third kappa shape index (κ3) is 2.98. The number of hydrogen-bond donors (Lipinski definition) is 1. The van der Waals surface area contributed by atoms with Gasteiger partial charge in [0.05, 0.1) is 0 Å². The number of aryl methyl sites for hydroxylation is 2. The summed E-state index contributed by atoms with van der Waals surface area (Å²) in [6.45, 7) is 3.45. The lowest BCUT2D eigenvalue weighted by Gasteiger charge is -2.06. The number of nitrogens with zero attached hydrogens (tertiary/aromatic N) is 4. The van der Waals surface area contributed by atoms with Crippen LogP contribution in [0.25, 0.3) is 11.4 Å². The van der Waals surface area contributed by atoms with Crippen LogP contribution in [0.1, 0.15) is 22.2 Å². The lowest BCUT2D eigenvalue weighted by atomic mass is 10.2. The number of hydrogen-bond acceptors (Lipinski definition) is 6. The second kappa shape index (κ2) is 5.72. The molecule has 1 N–H and O–H groups in total. The molecule has 0 radical (unpaired) electrons. The number of aromatic nitrogens is 4. The van der Waals surface area contributed by atoms with E-state index in [2.05, 4.69) is 25.4 Å². The van der Waals surface area contributed by atoms with Crippen molar-refractivity contribution in [2.24, 2.45) is 0 Å². The fraction of sp³-hybridized carbons (Fsp3) is 0.133. The molecular formula is C15H13N5O2. The summed E-state index contributed by atoms with van der Waals surface area (Å²) >= 11 is 0. The van der Waals surface area contributed by atoms with E-state index in [9.17, 15) is 4.79 Å². The Morgan fingerprint density at radius 1 is 1.18 bits per heavy atom. The van der Waals surface area contributed by atoms with E-state index in [1.807, 2.05) is 12.1 Å². The monoisotopic (exact) mass is 295 g/mol. The van der Waals surface area contributed by atoms with E-state index < -0.39 is 0 Å². The molecule has 7 heteroatoms. The molecule has 0 aliphatic carbocycles. The number of carbonyl (C=O) groups is 1. The summed E-state index contributed by atoms with van der Waals surface area (Å²) < 4.78 is 4.96. The van der Waals surface area contributed by atoms with E-state index in [0.29, 0.717) is 28.9 Å². The predicted molar refractivity (Wildman–Crippen MR) is 79.2 cm³/mol. The summed E-state index contributed by atoms with van der Waals surface area (Å²) in [6.07, 6.45) is 1.55. The minimum absolute atomic E-state index is 0.299. The molecule has 0 aliphatic rings. The van der Waals surface area contributed by atoms with Crippen molar-refractivity contribution < 1.29 is 9.32 Å². The molecule has 2 heterocycles. The van der Waals surface area contributed by atoms with Gasteiger partial charge >= 0.3 is 0 Å². The minimum atomic E-state index is -0.299. The molecule has 0 unspecified atom stereocenters. The Hall–Kier alpha value is -3.09. The van der Waals surface area contributed by atoms with E-state index in [1.54, 1.807) is 38.2 Å². The van der Waals surface area contributed by atoms with Crippen LogP contribution in [0.4, 0.5) is 5.69 Å². The third-order valence-electron chi connectivity index (χ3n) is 2.91. The number of rotatable bonds is 3. The molecule has 0 aliphatic heterocycles. The van der Waals surface area contributed by atoms with Crippen molar-refractivity contribution in [3.63, 3.8) is 0 Å². The van der Waals surface area contributed by atoms with Crippen molar-refractivity contribution in [3.05, 3.63) is 53.9 Å². The lowest BCUT2D eigenvalue weighted by Crippen LogP contribution is -2.14. The molecule has 0 spiro atoms. The average Bonchev–Trinajstić information content (AvgIpc) is 2.94. The molecule has 0 atom stereocenters. The van der Waals surface area contributed by atoms with Gasteiger partial charge in [-0.25, -0.2) is 9.97 Å². The molecule has 22 heavy (non-hydrogen) atoms. The number of anilines is 1. The van der Waals surface area contributed by atoms with Gasteiger partial charge in [0.25, 0.3) is 5.91 Å². The van der Waals surface area contributed by atoms with E-state index >= 15 is 0 Å². The Labute approximate surface area is 126 Å². The van der Waals surface area contributed by atoms with Crippen LogP contribution < -0.4 is 5.32 Å². The maximum Gasteiger partial charge on any atom is 0.274 e. The summed E-state index contributed by atoms with van der Waals surface area (Å²) in [5.41, 5.74) is 1.70. The molecular weight excluding hydrogens is 282 g/mol. The Bertz CT molecular complexity index is 828. The minimum Gasteiger partial charge on any atom is -0.339 e. The fourth-order valence-electron chi connectivity index (χ4n) is 1.93. The lowest BCUT2D eigenvalue weighted by molar-refractivity contribution is 0.102. The Kier molecular flexibility index (Phi) is 3.61. The van der Waals surface area contributed by atoms with Gasteiger partial charge in [0.1, 0.15) is 11.5 Å². The molecule has 1 amide bonds. The summed E-state index contributed by atoms with van der Waals surface area (Å²) in [5.74, 6) is 1.21. The second-order valence-electron chi connectivity index (χ2n) is 4.66. The van der Waals surface area contributed by atoms with Crippen LogP contribution in [0.2, 0.25) is 0 Å². The molecule has 3 aromatic rings. The van der Waals surface area contributed by atoms with Crippen molar-refractivity contribution in [1.82, 2.24) is 20.1 Å². The van der Waals surface area contributed by atoms with Crippen LogP contribution in [0.15, 0.2) is 41.1 Å². The maximum atomic E-state index is 12.2. The highest BCUT2D eigenvalue weighted by molar-refractivity contribution is 6.03. The smallest absolute Gasteiger partial charge is 0.274 e. The molecule has 0 fully saturated rings. The molecule has 110 valence electrons. The van der Waals surface area contributed by atoms with Crippen LogP contribution in [0, 0.1) is 13.8 Å². The van der Waals surface area contributed by atoms with Gasteiger partial charge in [-0.05, 0) is 25.1 Å². The predicted octanol–water partition coefficient (Wildman–Crippen LogP) is 2.40. The first kappa shape index (κ1) is 13.9. The molecule has 0 bridgehead atoms. The first-order valence-corrected chi connectivity index (χ1v) is 6.63. The van der Waals surface area contributed by atoms with E-state index in [1.165, 1.54) is 0 Å². The molecule has 1 aromatic carbocycles. The van der Waals surface area contributed by atoms with Gasteiger partial charge in [0.15, 0.2) is 0 Å². The van der Waals surface area contributed by atoms with Crippen molar-refractivity contribution in [2.75, 3.05) is 5.32 Å². The SMILES string of the molecule is Cc1nccc(C(=O)Nc2cccc(-c3noc(C)n3)c2)n1. The van der Waals surface area contributed by atoms with Gasteiger partial charge in [-0.3, -0.25) is 4.79 Å². The Balaban J connectivity index is 1.82. The average molecular weight is 295 g/mol. The normalized spacial score (nSPS) is 10.5. The van der Waals surface area contributed by atoms with Crippen molar-refractivity contribution >= 4 is 11.6 Å². The van der Waals surface area contributed by atoms with Crippen LogP contribution in [0.5, 0.6) is 0 Å². The summed E-state index contributed by atoms with van der Waals surface area (Å²) in [6, 6.07) is 8.77. The van der Waals surface area contributed by atoms with Crippen LogP contribution in [-0.4, -0.2) is 26.0 Å². The van der Waals surface area contributed by atoms with E-state index in [-0.39, 0.29) is 5.91 Å². The number of nitrogens with one attached hydrogen (secondary N) is 1. The number of carbonyl (C=O) groups excluding carboxylic acids is 1. The van der Waals surface area contributed by atoms with Gasteiger partial charge in [-0.2, -0.15) is 4.98 Å². The topological polar surface area (TPSA) is 93.8 Å². The summed E-state index contributed by atoms with van der Waals surface area (Å²) in [5, 5.41) is 6.64. The standard InChI is InChI=1S/C15H13N5O2/c1-9-16-7-6-13(17-9)15(21)19-12-5-3-4-11(8-12)14-18-10(2)22-20-14/h3-8H,1-2H3,(H,19,21). The van der Waals surface area contributed by atoms with Crippen molar-refractivity contribution in [3.8, 4) is 11.4 Å². The maximum absolute atomic E-state index is 12.2.